The third-order valence-corrected chi connectivity index (χ3v) is 8.63. The second-order valence-electron chi connectivity index (χ2n) is 10.5. The maximum atomic E-state index is 13.8. The number of hydrogen-bond donors (Lipinski definition) is 3. The third kappa shape index (κ3) is 3.32. The number of benzene rings is 1. The van der Waals surface area contributed by atoms with Crippen molar-refractivity contribution in [3.63, 3.8) is 0 Å². The molecule has 1 amide bonds. The van der Waals surface area contributed by atoms with Crippen molar-refractivity contribution < 1.29 is 9.90 Å². The van der Waals surface area contributed by atoms with Gasteiger partial charge in [-0.1, -0.05) is 30.3 Å². The van der Waals surface area contributed by atoms with Crippen molar-refractivity contribution in [2.24, 2.45) is 16.7 Å². The fourth-order valence-corrected chi connectivity index (χ4v) is 8.22. The molecule has 29 heavy (non-hydrogen) atoms. The standard InChI is InChI=1S/C24H33ClN2O2/c25-8-7-22-10-17-11-23(14-22,18-4-2-1-3-5-18)16-24(12-17,15-22)21(29)27-19-6-9-26-13-20(19)28/h1-5,17,19-20,26,28H,6-16H2,(H,27,29)/t17?,19-,20-,22-,23-,24?/m1/s1. The van der Waals surface area contributed by atoms with Crippen molar-refractivity contribution >= 4 is 17.5 Å². The van der Waals surface area contributed by atoms with Gasteiger partial charge in [-0.2, -0.15) is 0 Å². The predicted molar refractivity (Wildman–Crippen MR) is 115 cm³/mol. The molecule has 1 aliphatic heterocycles. The number of β-amino-alcohol motifs (C(OH)–C–C–N with tert-alkyl or cyclic N) is 1. The Morgan fingerprint density at radius 3 is 2.76 bits per heavy atom. The van der Waals surface area contributed by atoms with Gasteiger partial charge in [0.25, 0.3) is 0 Å². The maximum absolute atomic E-state index is 13.8. The van der Waals surface area contributed by atoms with Crippen LogP contribution in [-0.4, -0.2) is 42.1 Å². The van der Waals surface area contributed by atoms with Gasteiger partial charge in [-0.3, -0.25) is 4.79 Å². The van der Waals surface area contributed by atoms with Crippen LogP contribution in [0.15, 0.2) is 30.3 Å². The number of halogens is 1. The van der Waals surface area contributed by atoms with Gasteiger partial charge in [0.05, 0.1) is 17.6 Å². The summed E-state index contributed by atoms with van der Waals surface area (Å²) in [6, 6.07) is 10.8. The summed E-state index contributed by atoms with van der Waals surface area (Å²) < 4.78 is 0. The molecule has 4 nitrogen and oxygen atoms in total. The van der Waals surface area contributed by atoms with Crippen LogP contribution in [0.4, 0.5) is 0 Å². The van der Waals surface area contributed by atoms with Crippen molar-refractivity contribution in [3.8, 4) is 0 Å². The van der Waals surface area contributed by atoms with Gasteiger partial charge in [-0.25, -0.2) is 0 Å². The van der Waals surface area contributed by atoms with E-state index in [1.165, 1.54) is 18.4 Å². The zero-order chi connectivity index (χ0) is 20.1. The molecular formula is C24H33ClN2O2. The molecule has 1 aromatic rings. The smallest absolute Gasteiger partial charge is 0.226 e. The van der Waals surface area contributed by atoms with E-state index in [0.717, 1.165) is 45.1 Å². The number of alkyl halides is 1. The van der Waals surface area contributed by atoms with E-state index in [2.05, 4.69) is 41.0 Å². The number of hydrogen-bond acceptors (Lipinski definition) is 3. The maximum Gasteiger partial charge on any atom is 0.226 e. The molecule has 0 radical (unpaired) electrons. The first-order valence-corrected chi connectivity index (χ1v) is 11.8. The quantitative estimate of drug-likeness (QED) is 0.645. The number of aliphatic hydroxyl groups is 1. The first kappa shape index (κ1) is 19.8. The molecule has 1 aromatic carbocycles. The minimum atomic E-state index is -0.499. The molecule has 4 bridgehead atoms. The molecule has 1 saturated heterocycles. The highest BCUT2D eigenvalue weighted by Gasteiger charge is 2.65. The largest absolute Gasteiger partial charge is 0.390 e. The van der Waals surface area contributed by atoms with E-state index in [9.17, 15) is 9.90 Å². The number of nitrogens with one attached hydrogen (secondary N) is 2. The Kier molecular flexibility index (Phi) is 4.96. The molecule has 5 fully saturated rings. The van der Waals surface area contributed by atoms with Gasteiger partial charge in [0.1, 0.15) is 0 Å². The highest BCUT2D eigenvalue weighted by Crippen LogP contribution is 2.71. The normalized spacial score (nSPS) is 43.3. The Morgan fingerprint density at radius 2 is 2.00 bits per heavy atom. The Balaban J connectivity index is 1.48. The van der Waals surface area contributed by atoms with Gasteiger partial charge in [0.15, 0.2) is 0 Å². The lowest BCUT2D eigenvalue weighted by Crippen LogP contribution is -2.64. The lowest BCUT2D eigenvalue weighted by molar-refractivity contribution is -0.164. The van der Waals surface area contributed by atoms with E-state index < -0.39 is 6.10 Å². The number of piperidine rings is 1. The van der Waals surface area contributed by atoms with E-state index in [4.69, 9.17) is 11.6 Å². The summed E-state index contributed by atoms with van der Waals surface area (Å²) >= 11 is 6.29. The molecule has 1 heterocycles. The molecule has 158 valence electrons. The van der Waals surface area contributed by atoms with Crippen LogP contribution in [0, 0.1) is 16.7 Å². The predicted octanol–water partition coefficient (Wildman–Crippen LogP) is 3.36. The molecule has 6 atom stereocenters. The second kappa shape index (κ2) is 7.25. The third-order valence-electron chi connectivity index (χ3n) is 8.44. The summed E-state index contributed by atoms with van der Waals surface area (Å²) in [5, 5.41) is 16.9. The molecule has 5 aliphatic rings. The number of rotatable bonds is 5. The highest BCUT2D eigenvalue weighted by atomic mass is 35.5. The first-order valence-electron chi connectivity index (χ1n) is 11.3. The average molecular weight is 417 g/mol. The van der Waals surface area contributed by atoms with Crippen molar-refractivity contribution in [2.45, 2.75) is 68.9 Å². The van der Waals surface area contributed by atoms with E-state index in [0.29, 0.717) is 18.3 Å². The van der Waals surface area contributed by atoms with Gasteiger partial charge in [-0.15, -0.1) is 11.6 Å². The molecule has 4 aliphatic carbocycles. The number of aliphatic hydroxyl groups excluding tert-OH is 1. The van der Waals surface area contributed by atoms with Crippen molar-refractivity contribution in [1.82, 2.24) is 10.6 Å². The fraction of sp³-hybridized carbons (Fsp3) is 0.708. The van der Waals surface area contributed by atoms with E-state index >= 15 is 0 Å². The topological polar surface area (TPSA) is 61.4 Å². The number of amides is 1. The van der Waals surface area contributed by atoms with Crippen LogP contribution in [0.2, 0.25) is 0 Å². The SMILES string of the molecule is O=C(N[C@@H]1CCNC[C@H]1O)C12CC3C[C@@](CCCl)(C1)C[C@](c1ccccc1)(C3)C2. The average Bonchev–Trinajstić information content (AvgIpc) is 2.69. The van der Waals surface area contributed by atoms with Crippen LogP contribution in [0.1, 0.15) is 56.9 Å². The summed E-state index contributed by atoms with van der Waals surface area (Å²) in [4.78, 5) is 13.8. The molecule has 3 N–H and O–H groups in total. The lowest BCUT2D eigenvalue weighted by Gasteiger charge is -2.66. The molecule has 0 aromatic heterocycles. The summed E-state index contributed by atoms with van der Waals surface area (Å²) in [5.41, 5.74) is 1.37. The summed E-state index contributed by atoms with van der Waals surface area (Å²) in [7, 11) is 0. The van der Waals surface area contributed by atoms with Crippen LogP contribution >= 0.6 is 11.6 Å². The van der Waals surface area contributed by atoms with Crippen LogP contribution in [-0.2, 0) is 10.2 Å². The molecule has 4 saturated carbocycles. The molecule has 5 heteroatoms. The zero-order valence-corrected chi connectivity index (χ0v) is 17.9. The van der Waals surface area contributed by atoms with Gasteiger partial charge in [-0.05, 0) is 80.2 Å². The number of carbonyl (C=O) groups is 1. The number of carbonyl (C=O) groups excluding carboxylic acids is 1. The summed E-state index contributed by atoms with van der Waals surface area (Å²) in [6.45, 7) is 1.41. The Morgan fingerprint density at radius 1 is 1.17 bits per heavy atom. The Labute approximate surface area is 178 Å². The van der Waals surface area contributed by atoms with E-state index in [-0.39, 0.29) is 28.2 Å². The van der Waals surface area contributed by atoms with Crippen LogP contribution in [0.25, 0.3) is 0 Å². The van der Waals surface area contributed by atoms with Gasteiger partial charge in [0, 0.05) is 12.4 Å². The first-order chi connectivity index (χ1) is 14.0. The Hall–Kier alpha value is -1.10. The van der Waals surface area contributed by atoms with Crippen molar-refractivity contribution in [3.05, 3.63) is 35.9 Å². The minimum absolute atomic E-state index is 0.0941. The van der Waals surface area contributed by atoms with Crippen molar-refractivity contribution in [1.29, 1.82) is 0 Å². The minimum Gasteiger partial charge on any atom is -0.390 e. The highest BCUT2D eigenvalue weighted by molar-refractivity contribution is 6.17. The van der Waals surface area contributed by atoms with Gasteiger partial charge < -0.3 is 15.7 Å². The Bertz CT molecular complexity index is 773. The van der Waals surface area contributed by atoms with E-state index in [1.54, 1.807) is 0 Å². The molecule has 6 rings (SSSR count). The zero-order valence-electron chi connectivity index (χ0n) is 17.1. The summed E-state index contributed by atoms with van der Waals surface area (Å²) in [6.07, 6.45) is 7.79. The molecular weight excluding hydrogens is 384 g/mol. The summed E-state index contributed by atoms with van der Waals surface area (Å²) in [5.74, 6) is 1.45. The van der Waals surface area contributed by atoms with Gasteiger partial charge >= 0.3 is 0 Å². The van der Waals surface area contributed by atoms with E-state index in [1.807, 2.05) is 0 Å². The van der Waals surface area contributed by atoms with Gasteiger partial charge in [0.2, 0.25) is 5.91 Å². The van der Waals surface area contributed by atoms with Crippen LogP contribution < -0.4 is 10.6 Å². The lowest BCUT2D eigenvalue weighted by atomic mass is 9.38. The van der Waals surface area contributed by atoms with Crippen LogP contribution in [0.3, 0.4) is 0 Å². The molecule has 0 spiro atoms. The van der Waals surface area contributed by atoms with Crippen molar-refractivity contribution in [2.75, 3.05) is 19.0 Å². The molecule has 2 unspecified atom stereocenters. The van der Waals surface area contributed by atoms with Crippen LogP contribution in [0.5, 0.6) is 0 Å². The fourth-order valence-electron chi connectivity index (χ4n) is 7.82. The monoisotopic (exact) mass is 416 g/mol. The second-order valence-corrected chi connectivity index (χ2v) is 10.9.